The minimum Gasteiger partial charge on any atom is -0.463 e. The van der Waals surface area contributed by atoms with Crippen LogP contribution in [0.2, 0.25) is 0 Å². The van der Waals surface area contributed by atoms with Crippen LogP contribution in [-0.2, 0) is 22.5 Å². The lowest BCUT2D eigenvalue weighted by atomic mass is 9.82. The van der Waals surface area contributed by atoms with Crippen molar-refractivity contribution < 1.29 is 19.0 Å². The maximum absolute atomic E-state index is 12.7. The molecule has 2 aromatic carbocycles. The average Bonchev–Trinajstić information content (AvgIpc) is 2.97. The SMILES string of the molecule is CC(C)(C)O.Cc1nc(C)c(-c2cccc(C(=N)N=N)c2)c(N2CCC(C)(C)CC2)c1CC(=O)OC(C)C.NCc1ccc(F)cc1. The van der Waals surface area contributed by atoms with Crippen LogP contribution in [0.15, 0.2) is 53.6 Å². The molecule has 5 N–H and O–H groups in total. The first kappa shape index (κ1) is 39.2. The zero-order valence-corrected chi connectivity index (χ0v) is 29.5. The van der Waals surface area contributed by atoms with Crippen LogP contribution in [0.4, 0.5) is 10.1 Å². The van der Waals surface area contributed by atoms with Gasteiger partial charge in [0.15, 0.2) is 5.84 Å². The third kappa shape index (κ3) is 13.0. The summed E-state index contributed by atoms with van der Waals surface area (Å²) in [6.45, 7) is 19.7. The number of aliphatic hydroxyl groups is 1. The van der Waals surface area contributed by atoms with Gasteiger partial charge in [0.2, 0.25) is 0 Å². The topological polar surface area (TPSA) is 149 Å². The fraction of sp³-hybridized carbons (Fsp3) is 0.486. The number of rotatable bonds is 7. The Kier molecular flexibility index (Phi) is 14.3. The summed E-state index contributed by atoms with van der Waals surface area (Å²) in [5.74, 6) is -0.560. The zero-order valence-electron chi connectivity index (χ0n) is 29.5. The van der Waals surface area contributed by atoms with Gasteiger partial charge in [-0.15, -0.1) is 5.11 Å². The van der Waals surface area contributed by atoms with E-state index in [0.29, 0.717) is 12.1 Å². The number of halogens is 1. The number of nitrogens with one attached hydrogen (secondary N) is 2. The normalized spacial score (nSPS) is 13.9. The van der Waals surface area contributed by atoms with E-state index in [1.807, 2.05) is 45.9 Å². The van der Waals surface area contributed by atoms with Gasteiger partial charge in [0, 0.05) is 47.7 Å². The molecule has 0 atom stereocenters. The predicted octanol–water partition coefficient (Wildman–Crippen LogP) is 7.90. The molecule has 2 heterocycles. The number of benzene rings is 2. The van der Waals surface area contributed by atoms with E-state index in [0.717, 1.165) is 65.3 Å². The van der Waals surface area contributed by atoms with Crippen molar-refractivity contribution in [2.75, 3.05) is 18.0 Å². The van der Waals surface area contributed by atoms with Crippen LogP contribution < -0.4 is 10.6 Å². The van der Waals surface area contributed by atoms with E-state index in [9.17, 15) is 9.18 Å². The number of pyridine rings is 1. The van der Waals surface area contributed by atoms with Gasteiger partial charge >= 0.3 is 5.97 Å². The molecule has 0 unspecified atom stereocenters. The van der Waals surface area contributed by atoms with Gasteiger partial charge in [-0.2, -0.15) is 0 Å². The minimum atomic E-state index is -0.500. The van der Waals surface area contributed by atoms with E-state index in [1.54, 1.807) is 39.0 Å². The molecular formula is C37H53FN6O3. The van der Waals surface area contributed by atoms with Gasteiger partial charge in [-0.3, -0.25) is 15.2 Å². The summed E-state index contributed by atoms with van der Waals surface area (Å²) in [7, 11) is 0. The standard InChI is InChI=1S/C26H35N5O2.C7H8FN.C4H10O/c1-16(2)33-22(32)15-21-17(3)29-18(4)23(19-8-7-9-20(14-19)25(27)30-28)24(21)31-12-10-26(5,6)11-13-31;8-7-3-1-6(5-9)2-4-7;1-4(2,3)5/h7-9,14,16,27-28H,10-13,15H2,1-6H3;1-4H,5,9H2;5H,1-3H3. The molecule has 1 saturated heterocycles. The van der Waals surface area contributed by atoms with Crippen molar-refractivity contribution in [3.63, 3.8) is 0 Å². The number of ether oxygens (including phenoxy) is 1. The van der Waals surface area contributed by atoms with Gasteiger partial charge in [0.25, 0.3) is 0 Å². The average molecular weight is 649 g/mol. The Morgan fingerprint density at radius 3 is 2.19 bits per heavy atom. The van der Waals surface area contributed by atoms with E-state index >= 15 is 0 Å². The Morgan fingerprint density at radius 1 is 1.11 bits per heavy atom. The molecular weight excluding hydrogens is 595 g/mol. The van der Waals surface area contributed by atoms with Gasteiger partial charge in [-0.05, 0) is 96.0 Å². The first-order valence-corrected chi connectivity index (χ1v) is 16.0. The maximum Gasteiger partial charge on any atom is 0.310 e. The molecule has 47 heavy (non-hydrogen) atoms. The second kappa shape index (κ2) is 17.2. The van der Waals surface area contributed by atoms with Crippen molar-refractivity contribution in [1.29, 1.82) is 10.9 Å². The highest BCUT2D eigenvalue weighted by atomic mass is 19.1. The summed E-state index contributed by atoms with van der Waals surface area (Å²) >= 11 is 0. The van der Waals surface area contributed by atoms with Crippen LogP contribution in [0.25, 0.3) is 11.1 Å². The summed E-state index contributed by atoms with van der Waals surface area (Å²) in [5, 5.41) is 19.8. The number of piperidine rings is 1. The lowest BCUT2D eigenvalue weighted by Gasteiger charge is -2.40. The predicted molar refractivity (Wildman–Crippen MR) is 188 cm³/mol. The first-order valence-electron chi connectivity index (χ1n) is 16.0. The Balaban J connectivity index is 0.000000453. The van der Waals surface area contributed by atoms with E-state index in [4.69, 9.17) is 31.5 Å². The monoisotopic (exact) mass is 648 g/mol. The number of hydrogen-bond acceptors (Lipinski definition) is 8. The van der Waals surface area contributed by atoms with Crippen molar-refractivity contribution in [2.45, 2.75) is 99.8 Å². The molecule has 256 valence electrons. The highest BCUT2D eigenvalue weighted by Gasteiger charge is 2.30. The van der Waals surface area contributed by atoms with Crippen LogP contribution in [-0.4, -0.2) is 46.7 Å². The number of carbonyl (C=O) groups is 1. The Hall–Kier alpha value is -4.02. The summed E-state index contributed by atoms with van der Waals surface area (Å²) in [4.78, 5) is 19.9. The van der Waals surface area contributed by atoms with Crippen LogP contribution in [0.1, 0.15) is 89.4 Å². The fourth-order valence-electron chi connectivity index (χ4n) is 5.07. The highest BCUT2D eigenvalue weighted by molar-refractivity contribution is 5.98. The molecule has 0 bridgehead atoms. The van der Waals surface area contributed by atoms with Gasteiger partial charge in [0.1, 0.15) is 5.82 Å². The molecule has 0 saturated carbocycles. The highest BCUT2D eigenvalue weighted by Crippen LogP contribution is 2.41. The molecule has 1 aromatic heterocycles. The molecule has 9 nitrogen and oxygen atoms in total. The van der Waals surface area contributed by atoms with Crippen molar-refractivity contribution in [1.82, 2.24) is 4.98 Å². The molecule has 1 aliphatic heterocycles. The van der Waals surface area contributed by atoms with Crippen molar-refractivity contribution in [3.05, 3.63) is 82.4 Å². The fourth-order valence-corrected chi connectivity index (χ4v) is 5.07. The molecule has 0 spiro atoms. The molecule has 3 aromatic rings. The summed E-state index contributed by atoms with van der Waals surface area (Å²) in [5.41, 5.74) is 19.3. The van der Waals surface area contributed by atoms with Gasteiger partial charge < -0.3 is 20.5 Å². The number of hydrogen-bond donors (Lipinski definition) is 4. The second-order valence-corrected chi connectivity index (χ2v) is 13.9. The minimum absolute atomic E-state index is 0.0865. The van der Waals surface area contributed by atoms with E-state index < -0.39 is 5.60 Å². The Bertz CT molecular complexity index is 1500. The van der Waals surface area contributed by atoms with Gasteiger partial charge in [0.05, 0.1) is 23.8 Å². The lowest BCUT2D eigenvalue weighted by Crippen LogP contribution is -2.38. The number of carbonyl (C=O) groups excluding carboxylic acids is 1. The second-order valence-electron chi connectivity index (χ2n) is 13.9. The lowest BCUT2D eigenvalue weighted by molar-refractivity contribution is -0.146. The first-order chi connectivity index (χ1) is 21.8. The van der Waals surface area contributed by atoms with Crippen molar-refractivity contribution in [3.8, 4) is 11.1 Å². The van der Waals surface area contributed by atoms with E-state index in [2.05, 4.69) is 23.9 Å². The van der Waals surface area contributed by atoms with Gasteiger partial charge in [-0.25, -0.2) is 9.92 Å². The Labute approximate surface area is 279 Å². The molecule has 0 amide bonds. The number of esters is 1. The summed E-state index contributed by atoms with van der Waals surface area (Å²) in [6.07, 6.45) is 2.11. The number of aromatic nitrogens is 1. The van der Waals surface area contributed by atoms with Crippen molar-refractivity contribution >= 4 is 17.5 Å². The Morgan fingerprint density at radius 2 is 1.68 bits per heavy atom. The third-order valence-corrected chi connectivity index (χ3v) is 7.46. The largest absolute Gasteiger partial charge is 0.463 e. The molecule has 0 radical (unpaired) electrons. The number of amidine groups is 1. The van der Waals surface area contributed by atoms with Gasteiger partial charge in [-0.1, -0.05) is 44.2 Å². The van der Waals surface area contributed by atoms with Crippen LogP contribution >= 0.6 is 0 Å². The molecule has 1 aliphatic rings. The van der Waals surface area contributed by atoms with E-state index in [1.165, 1.54) is 12.1 Å². The number of anilines is 1. The third-order valence-electron chi connectivity index (χ3n) is 7.46. The molecule has 1 fully saturated rings. The number of nitrogens with zero attached hydrogens (tertiary/aromatic N) is 3. The van der Waals surface area contributed by atoms with Crippen molar-refractivity contribution in [2.24, 2.45) is 16.3 Å². The quantitative estimate of drug-likeness (QED) is 0.0886. The van der Waals surface area contributed by atoms with Crippen LogP contribution in [0, 0.1) is 36.0 Å². The molecule has 0 aliphatic carbocycles. The molecule has 4 rings (SSSR count). The number of aryl methyl sites for hydroxylation is 2. The molecule has 10 heteroatoms. The number of nitrogens with two attached hydrogens (primary N) is 1. The van der Waals surface area contributed by atoms with Crippen LogP contribution in [0.5, 0.6) is 0 Å². The van der Waals surface area contributed by atoms with E-state index in [-0.39, 0.29) is 35.6 Å². The smallest absolute Gasteiger partial charge is 0.310 e. The zero-order chi connectivity index (χ0) is 35.5. The summed E-state index contributed by atoms with van der Waals surface area (Å²) in [6, 6.07) is 13.7. The summed E-state index contributed by atoms with van der Waals surface area (Å²) < 4.78 is 17.7. The maximum atomic E-state index is 12.7. The van der Waals surface area contributed by atoms with Crippen LogP contribution in [0.3, 0.4) is 0 Å².